The molecule has 4 heteroatoms. The van der Waals surface area contributed by atoms with Gasteiger partial charge in [-0.3, -0.25) is 9.59 Å². The van der Waals surface area contributed by atoms with Gasteiger partial charge in [0.25, 0.3) is 0 Å². The lowest BCUT2D eigenvalue weighted by Gasteiger charge is -2.43. The lowest BCUT2D eigenvalue weighted by atomic mass is 9.89. The molecular weight excluding hydrogens is 396 g/mol. The summed E-state index contributed by atoms with van der Waals surface area (Å²) in [7, 11) is 0. The molecule has 1 heterocycles. The van der Waals surface area contributed by atoms with Crippen LogP contribution in [-0.4, -0.2) is 17.9 Å². The average Bonchev–Trinajstić information content (AvgIpc) is 3.66. The van der Waals surface area contributed by atoms with Crippen LogP contribution in [0.15, 0.2) is 84.9 Å². The van der Waals surface area contributed by atoms with Crippen LogP contribution in [0.3, 0.4) is 0 Å². The van der Waals surface area contributed by atoms with Crippen molar-refractivity contribution in [3.63, 3.8) is 0 Å². The number of carbonyl (C=O) groups excluding carboxylic acids is 2. The summed E-state index contributed by atoms with van der Waals surface area (Å²) in [6.45, 7) is 2.09. The maximum Gasteiger partial charge on any atom is 0.231 e. The number of amides is 2. The van der Waals surface area contributed by atoms with E-state index in [0.29, 0.717) is 12.8 Å². The number of fused-ring (bicyclic) bond motifs is 1. The zero-order chi connectivity index (χ0) is 22.1. The van der Waals surface area contributed by atoms with Crippen molar-refractivity contribution in [3.05, 3.63) is 96.1 Å². The first-order valence-electron chi connectivity index (χ1n) is 11.5. The third kappa shape index (κ3) is 3.93. The molecule has 4 nitrogen and oxygen atoms in total. The molecule has 2 amide bonds. The molecule has 2 aliphatic rings. The number of hydrogen-bond acceptors (Lipinski definition) is 2. The van der Waals surface area contributed by atoms with Gasteiger partial charge in [0.15, 0.2) is 0 Å². The van der Waals surface area contributed by atoms with Crippen LogP contribution in [-0.2, 0) is 16.0 Å². The van der Waals surface area contributed by atoms with Crippen molar-refractivity contribution in [3.8, 4) is 0 Å². The van der Waals surface area contributed by atoms with Gasteiger partial charge in [-0.25, -0.2) is 0 Å². The first-order chi connectivity index (χ1) is 15.6. The average molecular weight is 425 g/mol. The maximum atomic E-state index is 13.4. The van der Waals surface area contributed by atoms with Gasteiger partial charge in [0.1, 0.15) is 0 Å². The van der Waals surface area contributed by atoms with Crippen LogP contribution < -0.4 is 9.80 Å². The normalized spacial score (nSPS) is 19.8. The van der Waals surface area contributed by atoms with E-state index >= 15 is 0 Å². The molecule has 3 aromatic carbocycles. The predicted octanol–water partition coefficient (Wildman–Crippen LogP) is 5.54. The molecule has 1 aliphatic carbocycles. The van der Waals surface area contributed by atoms with Crippen LogP contribution in [0.5, 0.6) is 0 Å². The molecule has 162 valence electrons. The molecule has 1 saturated carbocycles. The summed E-state index contributed by atoms with van der Waals surface area (Å²) in [5.74, 6) is 0.414. The van der Waals surface area contributed by atoms with Crippen LogP contribution in [0.2, 0.25) is 0 Å². The van der Waals surface area contributed by atoms with Crippen LogP contribution in [0, 0.1) is 5.92 Å². The van der Waals surface area contributed by atoms with Crippen LogP contribution in [0.1, 0.15) is 43.4 Å². The fourth-order valence-electron chi connectivity index (χ4n) is 4.84. The SMILES string of the molecule is C[C@H]1C[C@H](N(C(=O)C2CC2)c2ccccc2)c2ccccc2N1C(=O)Cc1ccccc1. The van der Waals surface area contributed by atoms with Gasteiger partial charge >= 0.3 is 0 Å². The van der Waals surface area contributed by atoms with Gasteiger partial charge in [-0.1, -0.05) is 66.7 Å². The van der Waals surface area contributed by atoms with Crippen molar-refractivity contribution in [1.82, 2.24) is 0 Å². The Morgan fingerprint density at radius 2 is 1.50 bits per heavy atom. The molecule has 2 atom stereocenters. The predicted molar refractivity (Wildman–Crippen MR) is 128 cm³/mol. The summed E-state index contributed by atoms with van der Waals surface area (Å²) < 4.78 is 0. The number of carbonyl (C=O) groups is 2. The Labute approximate surface area is 189 Å². The highest BCUT2D eigenvalue weighted by Gasteiger charge is 2.42. The minimum atomic E-state index is -0.0857. The van der Waals surface area contributed by atoms with Gasteiger partial charge in [-0.05, 0) is 55.5 Å². The van der Waals surface area contributed by atoms with Crippen molar-refractivity contribution in [2.75, 3.05) is 9.80 Å². The second kappa shape index (κ2) is 8.62. The van der Waals surface area contributed by atoms with Gasteiger partial charge in [-0.15, -0.1) is 0 Å². The van der Waals surface area contributed by atoms with E-state index in [1.54, 1.807) is 0 Å². The minimum Gasteiger partial charge on any atom is -0.309 e. The number of anilines is 2. The molecule has 5 rings (SSSR count). The highest BCUT2D eigenvalue weighted by atomic mass is 16.2. The molecule has 32 heavy (non-hydrogen) atoms. The monoisotopic (exact) mass is 424 g/mol. The zero-order valence-electron chi connectivity index (χ0n) is 18.4. The molecule has 1 aliphatic heterocycles. The first-order valence-corrected chi connectivity index (χ1v) is 11.5. The summed E-state index contributed by atoms with van der Waals surface area (Å²) >= 11 is 0. The Hall–Kier alpha value is -3.40. The van der Waals surface area contributed by atoms with Crippen molar-refractivity contribution in [2.24, 2.45) is 5.92 Å². The molecule has 0 spiro atoms. The van der Waals surface area contributed by atoms with E-state index < -0.39 is 0 Å². The topological polar surface area (TPSA) is 40.6 Å². The van der Waals surface area contributed by atoms with Crippen molar-refractivity contribution in [2.45, 2.75) is 44.7 Å². The van der Waals surface area contributed by atoms with Gasteiger partial charge < -0.3 is 9.80 Å². The van der Waals surface area contributed by atoms with Crippen molar-refractivity contribution < 1.29 is 9.59 Å². The third-order valence-electron chi connectivity index (χ3n) is 6.54. The Morgan fingerprint density at radius 1 is 0.875 bits per heavy atom. The quantitative estimate of drug-likeness (QED) is 0.540. The van der Waals surface area contributed by atoms with Gasteiger partial charge in [0, 0.05) is 23.3 Å². The van der Waals surface area contributed by atoms with Gasteiger partial charge in [0.2, 0.25) is 11.8 Å². The van der Waals surface area contributed by atoms with E-state index in [-0.39, 0.29) is 29.8 Å². The van der Waals surface area contributed by atoms with Gasteiger partial charge in [0.05, 0.1) is 12.5 Å². The number of para-hydroxylation sites is 2. The number of rotatable bonds is 5. The molecule has 0 unspecified atom stereocenters. The zero-order valence-corrected chi connectivity index (χ0v) is 18.4. The van der Waals surface area contributed by atoms with E-state index in [4.69, 9.17) is 0 Å². The molecule has 1 fully saturated rings. The Bertz CT molecular complexity index is 1110. The molecule has 0 aromatic heterocycles. The number of benzene rings is 3. The first kappa shape index (κ1) is 20.5. The molecule has 0 saturated heterocycles. The highest BCUT2D eigenvalue weighted by Crippen LogP contribution is 2.44. The fourth-order valence-corrected chi connectivity index (χ4v) is 4.84. The van der Waals surface area contributed by atoms with E-state index in [9.17, 15) is 9.59 Å². The molecule has 0 N–H and O–H groups in total. The second-order valence-corrected chi connectivity index (χ2v) is 8.90. The Kier molecular flexibility index (Phi) is 5.52. The van der Waals surface area contributed by atoms with E-state index in [0.717, 1.165) is 35.3 Å². The molecule has 0 radical (unpaired) electrons. The third-order valence-corrected chi connectivity index (χ3v) is 6.54. The summed E-state index contributed by atoms with van der Waals surface area (Å²) in [5.41, 5.74) is 3.91. The number of nitrogens with zero attached hydrogens (tertiary/aromatic N) is 2. The fraction of sp³-hybridized carbons (Fsp3) is 0.286. The van der Waals surface area contributed by atoms with Crippen LogP contribution >= 0.6 is 0 Å². The molecule has 0 bridgehead atoms. The lowest BCUT2D eigenvalue weighted by Crippen LogP contribution is -2.48. The molecule has 3 aromatic rings. The van der Waals surface area contributed by atoms with E-state index in [1.165, 1.54) is 0 Å². The number of hydrogen-bond donors (Lipinski definition) is 0. The maximum absolute atomic E-state index is 13.4. The second-order valence-electron chi connectivity index (χ2n) is 8.90. The van der Waals surface area contributed by atoms with E-state index in [1.807, 2.05) is 88.7 Å². The minimum absolute atomic E-state index is 0.00988. The van der Waals surface area contributed by atoms with Gasteiger partial charge in [-0.2, -0.15) is 0 Å². The molecular formula is C28H28N2O2. The largest absolute Gasteiger partial charge is 0.309 e. The van der Waals surface area contributed by atoms with E-state index in [2.05, 4.69) is 13.0 Å². The summed E-state index contributed by atoms with van der Waals surface area (Å²) in [5, 5.41) is 0. The van der Waals surface area contributed by atoms with Crippen molar-refractivity contribution in [1.29, 1.82) is 0 Å². The summed E-state index contributed by atoms with van der Waals surface area (Å²) in [6, 6.07) is 27.8. The highest BCUT2D eigenvalue weighted by molar-refractivity contribution is 6.00. The van der Waals surface area contributed by atoms with Crippen molar-refractivity contribution >= 4 is 23.2 Å². The van der Waals surface area contributed by atoms with Crippen LogP contribution in [0.25, 0.3) is 0 Å². The Balaban J connectivity index is 1.52. The smallest absolute Gasteiger partial charge is 0.231 e. The summed E-state index contributed by atoms with van der Waals surface area (Å²) in [4.78, 5) is 30.7. The summed E-state index contributed by atoms with van der Waals surface area (Å²) in [6.07, 6.45) is 3.01. The standard InChI is InChI=1S/C28H28N2O2/c1-20-18-26(30(28(32)22-16-17-22)23-12-6-3-7-13-23)24-14-8-9-15-25(24)29(20)27(31)19-21-10-4-2-5-11-21/h2-15,20,22,26H,16-19H2,1H3/t20-,26-/m0/s1. The lowest BCUT2D eigenvalue weighted by molar-refractivity contribution is -0.120. The Morgan fingerprint density at radius 3 is 2.19 bits per heavy atom. The van der Waals surface area contributed by atoms with Crippen LogP contribution in [0.4, 0.5) is 11.4 Å².